The Morgan fingerprint density at radius 2 is 0.963 bits per heavy atom. The minimum Gasteiger partial charge on any atom is -0.355 e. The minimum absolute atomic E-state index is 0.313. The Morgan fingerprint density at radius 1 is 0.667 bits per heavy atom. The quantitative estimate of drug-likeness (QED) is 0.209. The molecule has 27 heavy (non-hydrogen) atoms. The fourth-order valence-corrected chi connectivity index (χ4v) is 8.47. The van der Waals surface area contributed by atoms with Gasteiger partial charge in [-0.1, -0.05) is 13.8 Å². The molecule has 0 aromatic carbocycles. The molecule has 2 atom stereocenters. The van der Waals surface area contributed by atoms with E-state index in [4.69, 9.17) is 18.9 Å². The first kappa shape index (κ1) is 27.2. The lowest BCUT2D eigenvalue weighted by Crippen LogP contribution is -2.41. The second kappa shape index (κ2) is 15.1. The van der Waals surface area contributed by atoms with E-state index in [2.05, 4.69) is 33.0 Å². The smallest absolute Gasteiger partial charge is 0.142 e. The van der Waals surface area contributed by atoms with E-state index in [1.165, 1.54) is 12.8 Å². The maximum Gasteiger partial charge on any atom is 0.142 e. The first-order valence-electron chi connectivity index (χ1n) is 11.0. The molecule has 0 bridgehead atoms. The normalized spacial score (nSPS) is 16.0. The molecule has 1 N–H and O–H groups in total. The van der Waals surface area contributed by atoms with Crippen molar-refractivity contribution in [3.05, 3.63) is 0 Å². The van der Waals surface area contributed by atoms with E-state index in [1.807, 2.05) is 27.7 Å². The van der Waals surface area contributed by atoms with Crippen LogP contribution in [0.4, 0.5) is 0 Å². The first-order valence-corrected chi connectivity index (χ1v) is 14.0. The third-order valence-corrected chi connectivity index (χ3v) is 9.37. The summed E-state index contributed by atoms with van der Waals surface area (Å²) in [6.45, 7) is 22.1. The van der Waals surface area contributed by atoms with Crippen molar-refractivity contribution < 1.29 is 18.9 Å². The van der Waals surface area contributed by atoms with Gasteiger partial charge in [0.1, 0.15) is 10.8 Å². The van der Waals surface area contributed by atoms with Crippen molar-refractivity contribution in [2.24, 2.45) is 0 Å². The molecule has 0 rings (SSSR count). The molecule has 2 unspecified atom stereocenters. The lowest BCUT2D eigenvalue weighted by molar-refractivity contribution is -0.163. The van der Waals surface area contributed by atoms with Crippen molar-refractivity contribution in [2.75, 3.05) is 39.5 Å². The molecule has 5 nitrogen and oxygen atoms in total. The molecule has 164 valence electrons. The molecule has 0 saturated heterocycles. The van der Waals surface area contributed by atoms with Crippen LogP contribution in [-0.4, -0.2) is 69.4 Å². The molecule has 0 saturated carbocycles. The van der Waals surface area contributed by atoms with Crippen molar-refractivity contribution in [1.29, 1.82) is 0 Å². The summed E-state index contributed by atoms with van der Waals surface area (Å²) < 4.78 is 23.5. The van der Waals surface area contributed by atoms with Crippen LogP contribution in [0, 0.1) is 0 Å². The number of hydrogen-bond acceptors (Lipinski definition) is 5. The first-order chi connectivity index (χ1) is 12.7. The van der Waals surface area contributed by atoms with E-state index >= 15 is 0 Å². The largest absolute Gasteiger partial charge is 0.355 e. The van der Waals surface area contributed by atoms with Crippen molar-refractivity contribution >= 4 is 19.0 Å². The molecule has 0 spiro atoms. The van der Waals surface area contributed by atoms with Crippen LogP contribution in [-0.2, 0) is 18.9 Å². The number of hydrogen-bond donors (Lipinski definition) is 1. The summed E-state index contributed by atoms with van der Waals surface area (Å²) in [7, 11) is -0.929. The Labute approximate surface area is 173 Å². The average Bonchev–Trinajstić information content (AvgIpc) is 2.54. The lowest BCUT2D eigenvalue weighted by Gasteiger charge is -2.32. The number of rotatable bonds is 18. The van der Waals surface area contributed by atoms with Crippen molar-refractivity contribution in [1.82, 2.24) is 5.32 Å². The van der Waals surface area contributed by atoms with Crippen LogP contribution in [0.25, 0.3) is 0 Å². The van der Waals surface area contributed by atoms with Crippen LogP contribution < -0.4 is 5.32 Å². The molecule has 0 amide bonds. The minimum atomic E-state index is -0.464. The van der Waals surface area contributed by atoms with Crippen LogP contribution in [0.5, 0.6) is 0 Å². The maximum atomic E-state index is 5.89. The van der Waals surface area contributed by atoms with Crippen LogP contribution in [0.3, 0.4) is 0 Å². The Balaban J connectivity index is 4.06. The van der Waals surface area contributed by atoms with Crippen molar-refractivity contribution in [2.45, 2.75) is 90.1 Å². The number of ether oxygens (including phenoxy) is 4. The van der Waals surface area contributed by atoms with Gasteiger partial charge < -0.3 is 24.3 Å². The van der Waals surface area contributed by atoms with Gasteiger partial charge in [0.2, 0.25) is 0 Å². The zero-order valence-corrected chi connectivity index (χ0v) is 22.2. The van der Waals surface area contributed by atoms with Crippen LogP contribution in [0.15, 0.2) is 0 Å². The highest BCUT2D eigenvalue weighted by molar-refractivity contribution is 6.41. The molecule has 0 fully saturated rings. The van der Waals surface area contributed by atoms with E-state index in [-0.39, 0.29) is 10.8 Å². The Bertz CT molecular complexity index is 317. The van der Waals surface area contributed by atoms with Gasteiger partial charge in [-0.15, -0.1) is 0 Å². The summed E-state index contributed by atoms with van der Waals surface area (Å²) in [5.74, 6) is 0. The third-order valence-electron chi connectivity index (χ3n) is 4.86. The van der Waals surface area contributed by atoms with Gasteiger partial charge in [0.25, 0.3) is 0 Å². The van der Waals surface area contributed by atoms with E-state index in [0.717, 1.165) is 39.5 Å². The summed E-state index contributed by atoms with van der Waals surface area (Å²) in [5, 5.41) is 3.63. The van der Waals surface area contributed by atoms with Gasteiger partial charge in [-0.05, 0) is 78.6 Å². The SMILES string of the molecule is CCOC(C)(OCC)[SiH2]C(C)CCNCCC(C)[SiH2]C(C)(OCC)OCC. The van der Waals surface area contributed by atoms with Gasteiger partial charge in [0.15, 0.2) is 0 Å². The molecular weight excluding hydrogens is 374 g/mol. The third kappa shape index (κ3) is 13.1. The molecule has 7 heteroatoms. The summed E-state index contributed by atoms with van der Waals surface area (Å²) in [4.78, 5) is 0. The topological polar surface area (TPSA) is 49.0 Å². The van der Waals surface area contributed by atoms with Gasteiger partial charge in [-0.25, -0.2) is 0 Å². The van der Waals surface area contributed by atoms with Crippen molar-refractivity contribution in [3.63, 3.8) is 0 Å². The molecular formula is C20H47NO4Si2. The number of nitrogens with one attached hydrogen (secondary N) is 1. The van der Waals surface area contributed by atoms with E-state index < -0.39 is 19.0 Å². The van der Waals surface area contributed by atoms with E-state index in [9.17, 15) is 0 Å². The Morgan fingerprint density at radius 3 is 1.22 bits per heavy atom. The monoisotopic (exact) mass is 421 g/mol. The van der Waals surface area contributed by atoms with E-state index in [1.54, 1.807) is 0 Å². The highest BCUT2D eigenvalue weighted by Gasteiger charge is 2.28. The average molecular weight is 422 g/mol. The summed E-state index contributed by atoms with van der Waals surface area (Å²) in [5.41, 5.74) is 0.774. The summed E-state index contributed by atoms with van der Waals surface area (Å²) >= 11 is 0. The molecule has 0 aliphatic carbocycles. The standard InChI is InChI=1S/C20H47NO4Si2/c1-9-22-19(7,23-10-2)26-17(5)13-15-21-16-14-18(6)27-20(8,24-11-3)25-12-4/h17-18,21H,9-16,26-27H2,1-8H3. The molecule has 0 radical (unpaired) electrons. The molecule has 0 aromatic rings. The predicted molar refractivity (Wildman–Crippen MR) is 121 cm³/mol. The Kier molecular flexibility index (Phi) is 15.3. The molecule has 0 aromatic heterocycles. The van der Waals surface area contributed by atoms with Crippen LogP contribution in [0.2, 0.25) is 11.1 Å². The van der Waals surface area contributed by atoms with Gasteiger partial charge in [-0.2, -0.15) is 0 Å². The molecule has 0 aliphatic rings. The maximum absolute atomic E-state index is 5.89. The Hall–Kier alpha value is 0.234. The van der Waals surface area contributed by atoms with E-state index in [0.29, 0.717) is 11.1 Å². The highest BCUT2D eigenvalue weighted by atomic mass is 28.2. The zero-order chi connectivity index (χ0) is 20.8. The second-order valence-corrected chi connectivity index (χ2v) is 14.1. The van der Waals surface area contributed by atoms with Gasteiger partial charge >= 0.3 is 0 Å². The van der Waals surface area contributed by atoms with Crippen molar-refractivity contribution in [3.8, 4) is 0 Å². The summed E-state index contributed by atoms with van der Waals surface area (Å²) in [6, 6.07) is 0. The van der Waals surface area contributed by atoms with Gasteiger partial charge in [-0.3, -0.25) is 0 Å². The highest BCUT2D eigenvalue weighted by Crippen LogP contribution is 2.21. The van der Waals surface area contributed by atoms with Crippen LogP contribution in [0.1, 0.15) is 68.2 Å². The lowest BCUT2D eigenvalue weighted by atomic mass is 10.3. The zero-order valence-electron chi connectivity index (χ0n) is 19.4. The predicted octanol–water partition coefficient (Wildman–Crippen LogP) is 2.80. The van der Waals surface area contributed by atoms with Gasteiger partial charge in [0, 0.05) is 26.4 Å². The fourth-order valence-electron chi connectivity index (χ4n) is 3.83. The molecule has 0 heterocycles. The molecule has 0 aliphatic heterocycles. The summed E-state index contributed by atoms with van der Waals surface area (Å²) in [6.07, 6.45) is 2.40. The van der Waals surface area contributed by atoms with Crippen LogP contribution >= 0.6 is 0 Å². The fraction of sp³-hybridized carbons (Fsp3) is 1.00. The second-order valence-electron chi connectivity index (χ2n) is 7.95. The van der Waals surface area contributed by atoms with Gasteiger partial charge in [0.05, 0.1) is 19.0 Å².